The maximum Gasteiger partial charge on any atom is 0.466 e. The topological polar surface area (TPSA) is 166 Å². The van der Waals surface area contributed by atoms with Crippen molar-refractivity contribution in [2.75, 3.05) is 12.9 Å². The molecule has 5 atom stereocenters. The van der Waals surface area contributed by atoms with Crippen molar-refractivity contribution in [1.82, 2.24) is 0 Å². The summed E-state index contributed by atoms with van der Waals surface area (Å²) in [7, 11) is -4.80. The lowest BCUT2D eigenvalue weighted by atomic mass is 10.0. The van der Waals surface area contributed by atoms with Gasteiger partial charge in [0.1, 0.15) is 34.9 Å². The lowest BCUT2D eigenvalue weighted by molar-refractivity contribution is -0.205. The Labute approximate surface area is 153 Å². The average Bonchev–Trinajstić information content (AvgIpc) is 2.55. The fourth-order valence-corrected chi connectivity index (χ4v) is 3.53. The third-order valence-corrected chi connectivity index (χ3v) is 4.99. The molecule has 0 amide bonds. The molecule has 1 aliphatic heterocycles. The molecule has 13 heteroatoms. The van der Waals surface area contributed by atoms with Crippen molar-refractivity contribution in [3.63, 3.8) is 0 Å². The monoisotopic (exact) mass is 419 g/mol. The van der Waals surface area contributed by atoms with Gasteiger partial charge in [0.2, 0.25) is 0 Å². The maximum absolute atomic E-state index is 10.7. The number of nitrogens with zero attached hydrogens (tertiary/aromatic N) is 1. The molecule has 0 aromatic heterocycles. The van der Waals surface area contributed by atoms with Crippen molar-refractivity contribution in [3.8, 4) is 0 Å². The molecule has 0 unspecified atom stereocenters. The first-order chi connectivity index (χ1) is 11.7. The van der Waals surface area contributed by atoms with Gasteiger partial charge in [-0.15, -0.1) is 11.8 Å². The number of aliphatic hydroxyl groups excluding tert-OH is 4. The summed E-state index contributed by atoms with van der Waals surface area (Å²) in [5.41, 5.74) is -1.14. The number of ether oxygens (including phenoxy) is 1. The summed E-state index contributed by atoms with van der Waals surface area (Å²) in [6, 6.07) is 0. The van der Waals surface area contributed by atoms with Crippen molar-refractivity contribution >= 4 is 39.0 Å². The van der Waals surface area contributed by atoms with E-state index >= 15 is 0 Å². The molecular formula is C12H21NO9S3. The highest BCUT2D eigenvalue weighted by Gasteiger charge is 2.44. The van der Waals surface area contributed by atoms with Crippen LogP contribution in [-0.4, -0.2) is 81.2 Å². The summed E-state index contributed by atoms with van der Waals surface area (Å²) >= 11 is 2.21. The zero-order valence-corrected chi connectivity index (χ0v) is 15.7. The average molecular weight is 419 g/mol. The van der Waals surface area contributed by atoms with E-state index in [4.69, 9.17) is 14.4 Å². The second-order valence-corrected chi connectivity index (χ2v) is 7.87. The highest BCUT2D eigenvalue weighted by molar-refractivity contribution is 8.14. The fraction of sp³-hybridized carbons (Fsp3) is 0.750. The Balaban J connectivity index is 2.85. The molecular weight excluding hydrogens is 398 g/mol. The van der Waals surface area contributed by atoms with E-state index in [0.29, 0.717) is 6.42 Å². The number of hydrogen-bond donors (Lipinski definition) is 5. The van der Waals surface area contributed by atoms with Gasteiger partial charge in [0, 0.05) is 6.42 Å². The quantitative estimate of drug-likeness (QED) is 0.146. The van der Waals surface area contributed by atoms with Gasteiger partial charge >= 0.3 is 10.4 Å². The summed E-state index contributed by atoms with van der Waals surface area (Å²) < 4.78 is 39.3. The SMILES string of the molecule is CS/C=C/CC/C(=N\OS(=O)(=O)O)S[C@H]1O[C@@H](CO)[C@H](O)[C@@H](O)[C@H]1O. The molecule has 1 heterocycles. The lowest BCUT2D eigenvalue weighted by Crippen LogP contribution is -2.57. The standard InChI is InChI=1S/C12H21NO9S3/c1-23-5-3-2-4-8(13-22-25(18,19)20)24-12-11(17)10(16)9(15)7(6-14)21-12/h3,5,7,9-12,14-17H,2,4,6H2,1H3,(H,18,19,20)/b5-3+,13-8+/t7-,9-,10+,11+,12+/m0/s1. The van der Waals surface area contributed by atoms with E-state index < -0.39 is 46.9 Å². The Bertz CT molecular complexity index is 566. The van der Waals surface area contributed by atoms with Crippen molar-refractivity contribution < 1.29 is 42.4 Å². The van der Waals surface area contributed by atoms with E-state index in [2.05, 4.69) is 9.44 Å². The van der Waals surface area contributed by atoms with Gasteiger partial charge < -0.3 is 25.2 Å². The third-order valence-electron chi connectivity index (χ3n) is 3.09. The first-order valence-electron chi connectivity index (χ1n) is 7.07. The van der Waals surface area contributed by atoms with Crippen LogP contribution in [0.5, 0.6) is 0 Å². The highest BCUT2D eigenvalue weighted by atomic mass is 32.3. The number of hydrogen-bond acceptors (Lipinski definition) is 11. The van der Waals surface area contributed by atoms with Gasteiger partial charge in [-0.3, -0.25) is 4.55 Å². The summed E-state index contributed by atoms with van der Waals surface area (Å²) in [4.78, 5) is 0. The Hall–Kier alpha value is -0.380. The van der Waals surface area contributed by atoms with E-state index in [1.165, 1.54) is 11.8 Å². The molecule has 0 spiro atoms. The van der Waals surface area contributed by atoms with E-state index in [9.17, 15) is 23.7 Å². The van der Waals surface area contributed by atoms with Gasteiger partial charge in [-0.2, -0.15) is 8.42 Å². The van der Waals surface area contributed by atoms with E-state index in [-0.39, 0.29) is 11.5 Å². The van der Waals surface area contributed by atoms with Crippen LogP contribution in [0.1, 0.15) is 12.8 Å². The summed E-state index contributed by atoms with van der Waals surface area (Å²) in [5.74, 6) is 0. The van der Waals surface area contributed by atoms with Crippen LogP contribution in [0.2, 0.25) is 0 Å². The minimum atomic E-state index is -4.80. The van der Waals surface area contributed by atoms with Gasteiger partial charge in [-0.1, -0.05) is 23.0 Å². The highest BCUT2D eigenvalue weighted by Crippen LogP contribution is 2.30. The molecule has 10 nitrogen and oxygen atoms in total. The van der Waals surface area contributed by atoms with Gasteiger partial charge in [0.05, 0.1) is 6.61 Å². The Kier molecular flexibility index (Phi) is 9.69. The molecule has 1 saturated heterocycles. The maximum atomic E-state index is 10.7. The van der Waals surface area contributed by atoms with Crippen LogP contribution in [0.3, 0.4) is 0 Å². The van der Waals surface area contributed by atoms with Crippen LogP contribution >= 0.6 is 23.5 Å². The zero-order valence-electron chi connectivity index (χ0n) is 13.2. The van der Waals surface area contributed by atoms with Crippen molar-refractivity contribution in [1.29, 1.82) is 0 Å². The molecule has 0 aromatic carbocycles. The van der Waals surface area contributed by atoms with E-state index in [1.807, 2.05) is 6.26 Å². The number of rotatable bonds is 8. The minimum Gasteiger partial charge on any atom is -0.394 e. The van der Waals surface area contributed by atoms with Crippen molar-refractivity contribution in [2.24, 2.45) is 5.16 Å². The molecule has 0 bridgehead atoms. The van der Waals surface area contributed by atoms with Crippen LogP contribution in [-0.2, 0) is 19.4 Å². The molecule has 0 saturated carbocycles. The molecule has 1 rings (SSSR count). The largest absolute Gasteiger partial charge is 0.466 e. The first kappa shape index (κ1) is 22.7. The molecule has 0 aliphatic carbocycles. The minimum absolute atomic E-state index is 0.0627. The Morgan fingerprint density at radius 3 is 2.52 bits per heavy atom. The van der Waals surface area contributed by atoms with Gasteiger partial charge in [0.15, 0.2) is 0 Å². The van der Waals surface area contributed by atoms with E-state index in [1.54, 1.807) is 11.5 Å². The van der Waals surface area contributed by atoms with Crippen LogP contribution in [0, 0.1) is 0 Å². The molecule has 146 valence electrons. The summed E-state index contributed by atoms with van der Waals surface area (Å²) in [6.07, 6.45) is -1.38. The molecule has 0 aromatic rings. The zero-order chi connectivity index (χ0) is 19.0. The third kappa shape index (κ3) is 7.80. The van der Waals surface area contributed by atoms with Crippen LogP contribution in [0.15, 0.2) is 16.6 Å². The van der Waals surface area contributed by atoms with E-state index in [0.717, 1.165) is 11.8 Å². The number of aliphatic hydroxyl groups is 4. The number of thioether (sulfide) groups is 2. The van der Waals surface area contributed by atoms with Crippen LogP contribution in [0.4, 0.5) is 0 Å². The predicted molar refractivity (Wildman–Crippen MR) is 93.3 cm³/mol. The van der Waals surface area contributed by atoms with Crippen LogP contribution in [0.25, 0.3) is 0 Å². The fourth-order valence-electron chi connectivity index (χ4n) is 1.88. The van der Waals surface area contributed by atoms with Gasteiger partial charge in [-0.25, -0.2) is 4.28 Å². The van der Waals surface area contributed by atoms with Gasteiger partial charge in [0.25, 0.3) is 0 Å². The smallest absolute Gasteiger partial charge is 0.394 e. The predicted octanol–water partition coefficient (Wildman–Crippen LogP) is -0.691. The van der Waals surface area contributed by atoms with Crippen LogP contribution < -0.4 is 0 Å². The first-order valence-corrected chi connectivity index (χ1v) is 10.6. The molecule has 1 fully saturated rings. The summed E-state index contributed by atoms with van der Waals surface area (Å²) in [5, 5.41) is 43.8. The Morgan fingerprint density at radius 2 is 1.96 bits per heavy atom. The molecule has 25 heavy (non-hydrogen) atoms. The molecule has 0 radical (unpaired) electrons. The summed E-state index contributed by atoms with van der Waals surface area (Å²) in [6.45, 7) is -0.591. The molecule has 5 N–H and O–H groups in total. The van der Waals surface area contributed by atoms with Crippen molar-refractivity contribution in [2.45, 2.75) is 42.7 Å². The van der Waals surface area contributed by atoms with Crippen molar-refractivity contribution in [3.05, 3.63) is 11.5 Å². The number of oxime groups is 1. The second-order valence-electron chi connectivity index (χ2n) is 4.95. The molecule has 1 aliphatic rings. The lowest BCUT2D eigenvalue weighted by Gasteiger charge is -2.39. The number of allylic oxidation sites excluding steroid dienone is 1. The Morgan fingerprint density at radius 1 is 1.28 bits per heavy atom. The normalized spacial score (nSPS) is 31.4. The van der Waals surface area contributed by atoms with Gasteiger partial charge in [-0.05, 0) is 18.1 Å². The second kappa shape index (κ2) is 10.7.